The van der Waals surface area contributed by atoms with Crippen LogP contribution < -0.4 is 9.91 Å². The molecule has 0 unspecified atom stereocenters. The van der Waals surface area contributed by atoms with Gasteiger partial charge in [0.25, 0.3) is 0 Å². The zero-order valence-electron chi connectivity index (χ0n) is 15.8. The van der Waals surface area contributed by atoms with Crippen molar-refractivity contribution in [2.45, 2.75) is 20.0 Å². The standard InChI is InChI=1S/C23H22N4/c1-16-13-14-19(18-9-5-4-6-10-18)15-22(16)26-17(2)25(3)27-21-12-8-7-11-20(21)24-23(26)27/h4-15,17H,1-3H3/t17-/m0/s1. The van der Waals surface area contributed by atoms with Crippen molar-refractivity contribution in [2.75, 3.05) is 17.0 Å². The Balaban J connectivity index is 1.70. The number of hydrogen-bond acceptors (Lipinski definition) is 3. The van der Waals surface area contributed by atoms with E-state index < -0.39 is 0 Å². The van der Waals surface area contributed by atoms with Crippen molar-refractivity contribution in [3.63, 3.8) is 0 Å². The monoisotopic (exact) mass is 354 g/mol. The largest absolute Gasteiger partial charge is 0.290 e. The third kappa shape index (κ3) is 2.33. The van der Waals surface area contributed by atoms with Crippen LogP contribution in [-0.4, -0.2) is 22.9 Å². The van der Waals surface area contributed by atoms with E-state index >= 15 is 0 Å². The third-order valence-corrected chi connectivity index (χ3v) is 5.54. The molecular formula is C23H22N4. The van der Waals surface area contributed by atoms with Gasteiger partial charge in [-0.05, 0) is 48.7 Å². The number of aryl methyl sites for hydroxylation is 1. The molecule has 134 valence electrons. The van der Waals surface area contributed by atoms with Crippen molar-refractivity contribution in [1.29, 1.82) is 0 Å². The van der Waals surface area contributed by atoms with E-state index in [9.17, 15) is 0 Å². The number of imidazole rings is 1. The summed E-state index contributed by atoms with van der Waals surface area (Å²) in [5.74, 6) is 0.972. The van der Waals surface area contributed by atoms with E-state index in [-0.39, 0.29) is 6.17 Å². The molecule has 1 atom stereocenters. The van der Waals surface area contributed by atoms with Gasteiger partial charge < -0.3 is 0 Å². The molecule has 5 rings (SSSR count). The molecule has 0 aliphatic carbocycles. The molecule has 1 aliphatic heterocycles. The lowest BCUT2D eigenvalue weighted by Gasteiger charge is -2.28. The fourth-order valence-electron chi connectivity index (χ4n) is 3.96. The van der Waals surface area contributed by atoms with Crippen LogP contribution in [0.3, 0.4) is 0 Å². The molecule has 0 N–H and O–H groups in total. The third-order valence-electron chi connectivity index (χ3n) is 5.54. The highest BCUT2D eigenvalue weighted by atomic mass is 15.7. The molecule has 27 heavy (non-hydrogen) atoms. The van der Waals surface area contributed by atoms with Crippen LogP contribution in [0.1, 0.15) is 12.5 Å². The first-order chi connectivity index (χ1) is 13.1. The van der Waals surface area contributed by atoms with Crippen molar-refractivity contribution in [2.24, 2.45) is 0 Å². The second-order valence-corrected chi connectivity index (χ2v) is 7.16. The first kappa shape index (κ1) is 15.9. The Hall–Kier alpha value is -3.27. The quantitative estimate of drug-likeness (QED) is 0.502. The van der Waals surface area contributed by atoms with Gasteiger partial charge in [-0.2, -0.15) is 0 Å². The second-order valence-electron chi connectivity index (χ2n) is 7.16. The van der Waals surface area contributed by atoms with Crippen LogP contribution in [-0.2, 0) is 0 Å². The van der Waals surface area contributed by atoms with Crippen LogP contribution in [0.4, 0.5) is 11.6 Å². The lowest BCUT2D eigenvalue weighted by Crippen LogP contribution is -2.39. The highest BCUT2D eigenvalue weighted by molar-refractivity contribution is 5.83. The average Bonchev–Trinajstić information content (AvgIpc) is 3.18. The van der Waals surface area contributed by atoms with E-state index in [1.807, 2.05) is 6.07 Å². The molecule has 0 bridgehead atoms. The summed E-state index contributed by atoms with van der Waals surface area (Å²) in [4.78, 5) is 7.28. The number of aromatic nitrogens is 2. The molecule has 1 aliphatic rings. The molecule has 0 radical (unpaired) electrons. The minimum atomic E-state index is 0.182. The Labute approximate surface area is 159 Å². The van der Waals surface area contributed by atoms with Crippen molar-refractivity contribution >= 4 is 22.7 Å². The Morgan fingerprint density at radius 3 is 2.41 bits per heavy atom. The van der Waals surface area contributed by atoms with Crippen molar-refractivity contribution in [3.05, 3.63) is 78.4 Å². The van der Waals surface area contributed by atoms with Gasteiger partial charge in [-0.15, -0.1) is 0 Å². The second kappa shape index (κ2) is 5.88. The van der Waals surface area contributed by atoms with E-state index in [4.69, 9.17) is 4.98 Å². The van der Waals surface area contributed by atoms with Gasteiger partial charge in [0.05, 0.1) is 11.0 Å². The highest BCUT2D eigenvalue weighted by Crippen LogP contribution is 2.39. The van der Waals surface area contributed by atoms with Gasteiger partial charge in [0.1, 0.15) is 6.17 Å². The molecule has 0 saturated heterocycles. The molecule has 2 heterocycles. The number of benzene rings is 3. The van der Waals surface area contributed by atoms with E-state index in [1.165, 1.54) is 22.4 Å². The van der Waals surface area contributed by atoms with E-state index in [2.05, 4.69) is 102 Å². The Kier molecular flexibility index (Phi) is 3.47. The minimum Gasteiger partial charge on any atom is -0.290 e. The fourth-order valence-corrected chi connectivity index (χ4v) is 3.96. The molecule has 4 nitrogen and oxygen atoms in total. The maximum absolute atomic E-state index is 4.94. The zero-order valence-corrected chi connectivity index (χ0v) is 15.8. The summed E-state index contributed by atoms with van der Waals surface area (Å²) in [5, 5.41) is 2.25. The molecular weight excluding hydrogens is 332 g/mol. The lowest BCUT2D eigenvalue weighted by molar-refractivity contribution is 0.633. The summed E-state index contributed by atoms with van der Waals surface area (Å²) in [6, 6.07) is 25.5. The van der Waals surface area contributed by atoms with Gasteiger partial charge in [-0.1, -0.05) is 54.6 Å². The maximum Gasteiger partial charge on any atom is 0.232 e. The summed E-state index contributed by atoms with van der Waals surface area (Å²) >= 11 is 0. The number of anilines is 2. The van der Waals surface area contributed by atoms with Crippen molar-refractivity contribution < 1.29 is 0 Å². The number of rotatable bonds is 2. The number of nitrogens with zero attached hydrogens (tertiary/aromatic N) is 4. The maximum atomic E-state index is 4.94. The first-order valence-electron chi connectivity index (χ1n) is 9.31. The average molecular weight is 354 g/mol. The van der Waals surface area contributed by atoms with Crippen LogP contribution in [0, 0.1) is 6.92 Å². The van der Waals surface area contributed by atoms with Crippen LogP contribution >= 0.6 is 0 Å². The molecule has 4 aromatic rings. The first-order valence-corrected chi connectivity index (χ1v) is 9.31. The van der Waals surface area contributed by atoms with E-state index in [0.29, 0.717) is 0 Å². The van der Waals surface area contributed by atoms with E-state index in [1.54, 1.807) is 0 Å². The zero-order chi connectivity index (χ0) is 18.5. The van der Waals surface area contributed by atoms with Crippen LogP contribution in [0.15, 0.2) is 72.8 Å². The highest BCUT2D eigenvalue weighted by Gasteiger charge is 2.35. The molecule has 1 aromatic heterocycles. The van der Waals surface area contributed by atoms with Crippen LogP contribution in [0.2, 0.25) is 0 Å². The minimum absolute atomic E-state index is 0.182. The van der Waals surface area contributed by atoms with Crippen molar-refractivity contribution in [1.82, 2.24) is 9.66 Å². The van der Waals surface area contributed by atoms with Gasteiger partial charge in [0.2, 0.25) is 5.95 Å². The summed E-state index contributed by atoms with van der Waals surface area (Å²) < 4.78 is 2.22. The number of fused-ring (bicyclic) bond motifs is 3. The smallest absolute Gasteiger partial charge is 0.232 e. The Morgan fingerprint density at radius 1 is 0.852 bits per heavy atom. The molecule has 0 amide bonds. The predicted octanol–water partition coefficient (Wildman–Crippen LogP) is 5.08. The Morgan fingerprint density at radius 2 is 1.59 bits per heavy atom. The molecule has 3 aromatic carbocycles. The summed E-state index contributed by atoms with van der Waals surface area (Å²) in [7, 11) is 2.12. The van der Waals surface area contributed by atoms with Gasteiger partial charge in [0, 0.05) is 12.7 Å². The normalized spacial score (nSPS) is 16.2. The van der Waals surface area contributed by atoms with Gasteiger partial charge in [0.15, 0.2) is 0 Å². The van der Waals surface area contributed by atoms with E-state index in [0.717, 1.165) is 17.0 Å². The summed E-state index contributed by atoms with van der Waals surface area (Å²) in [6.45, 7) is 4.39. The number of para-hydroxylation sites is 2. The molecule has 0 fully saturated rings. The summed E-state index contributed by atoms with van der Waals surface area (Å²) in [5.41, 5.74) is 7.06. The molecule has 0 saturated carbocycles. The number of hydrogen-bond donors (Lipinski definition) is 0. The molecule has 4 heteroatoms. The van der Waals surface area contributed by atoms with Crippen LogP contribution in [0.25, 0.3) is 22.2 Å². The van der Waals surface area contributed by atoms with Gasteiger partial charge in [-0.3, -0.25) is 9.91 Å². The lowest BCUT2D eigenvalue weighted by atomic mass is 10.0. The van der Waals surface area contributed by atoms with Gasteiger partial charge >= 0.3 is 0 Å². The Bertz CT molecular complexity index is 1130. The fraction of sp³-hybridized carbons (Fsp3) is 0.174. The predicted molar refractivity (Wildman–Crippen MR) is 112 cm³/mol. The SMILES string of the molecule is Cc1ccc(-c2ccccc2)cc1N1c2nc3ccccc3n2N(C)[C@@H]1C. The molecule has 0 spiro atoms. The summed E-state index contributed by atoms with van der Waals surface area (Å²) in [6.07, 6.45) is 0.182. The topological polar surface area (TPSA) is 24.3 Å². The van der Waals surface area contributed by atoms with Crippen LogP contribution in [0.5, 0.6) is 0 Å². The van der Waals surface area contributed by atoms with Gasteiger partial charge in [-0.25, -0.2) is 9.66 Å². The van der Waals surface area contributed by atoms with Crippen molar-refractivity contribution in [3.8, 4) is 11.1 Å².